The summed E-state index contributed by atoms with van der Waals surface area (Å²) < 4.78 is 0. The van der Waals surface area contributed by atoms with Gasteiger partial charge < -0.3 is 5.32 Å². The predicted octanol–water partition coefficient (Wildman–Crippen LogP) is 5.88. The normalized spacial score (nSPS) is 10.4. The van der Waals surface area contributed by atoms with Gasteiger partial charge >= 0.3 is 0 Å². The number of anilines is 1. The second kappa shape index (κ2) is 8.89. The summed E-state index contributed by atoms with van der Waals surface area (Å²) in [6.07, 6.45) is 0. The van der Waals surface area contributed by atoms with Gasteiger partial charge in [-0.3, -0.25) is 9.59 Å². The molecule has 3 nitrogen and oxygen atoms in total. The molecule has 27 heavy (non-hydrogen) atoms. The van der Waals surface area contributed by atoms with Crippen LogP contribution >= 0.6 is 23.4 Å². The lowest BCUT2D eigenvalue weighted by Crippen LogP contribution is -2.12. The molecule has 0 heterocycles. The molecule has 3 rings (SSSR count). The van der Waals surface area contributed by atoms with Crippen molar-refractivity contribution in [2.24, 2.45) is 0 Å². The van der Waals surface area contributed by atoms with Crippen molar-refractivity contribution in [3.63, 3.8) is 0 Å². The minimum atomic E-state index is -0.197. The summed E-state index contributed by atoms with van der Waals surface area (Å²) in [5, 5.41) is 3.53. The highest BCUT2D eigenvalue weighted by molar-refractivity contribution is 8.00. The van der Waals surface area contributed by atoms with Gasteiger partial charge in [-0.15, -0.1) is 11.8 Å². The van der Waals surface area contributed by atoms with E-state index in [1.807, 2.05) is 37.3 Å². The van der Waals surface area contributed by atoms with E-state index >= 15 is 0 Å². The first-order chi connectivity index (χ1) is 13.0. The summed E-state index contributed by atoms with van der Waals surface area (Å²) >= 11 is 7.37. The number of amides is 1. The number of benzene rings is 3. The van der Waals surface area contributed by atoms with Crippen LogP contribution in [-0.4, -0.2) is 17.4 Å². The highest BCUT2D eigenvalue weighted by atomic mass is 35.5. The van der Waals surface area contributed by atoms with E-state index in [1.165, 1.54) is 11.8 Å². The maximum atomic E-state index is 12.5. The zero-order valence-electron chi connectivity index (χ0n) is 14.7. The summed E-state index contributed by atoms with van der Waals surface area (Å²) in [6.45, 7) is 1.89. The quantitative estimate of drug-likeness (QED) is 0.419. The Hall–Kier alpha value is -2.56. The minimum Gasteiger partial charge on any atom is -0.322 e. The third-order valence-corrected chi connectivity index (χ3v) is 5.23. The zero-order chi connectivity index (χ0) is 19.2. The number of ketones is 1. The zero-order valence-corrected chi connectivity index (χ0v) is 16.3. The van der Waals surface area contributed by atoms with Crippen LogP contribution < -0.4 is 5.32 Å². The fourth-order valence-corrected chi connectivity index (χ4v) is 3.62. The van der Waals surface area contributed by atoms with Crippen LogP contribution in [0.3, 0.4) is 0 Å². The van der Waals surface area contributed by atoms with Crippen LogP contribution in [0.2, 0.25) is 5.02 Å². The van der Waals surface area contributed by atoms with Gasteiger partial charge in [0.15, 0.2) is 5.78 Å². The van der Waals surface area contributed by atoms with Crippen molar-refractivity contribution in [2.75, 3.05) is 11.1 Å². The van der Waals surface area contributed by atoms with Gasteiger partial charge in [0.25, 0.3) is 5.91 Å². The molecule has 3 aromatic carbocycles. The van der Waals surface area contributed by atoms with Gasteiger partial charge in [0.05, 0.1) is 5.75 Å². The highest BCUT2D eigenvalue weighted by Crippen LogP contribution is 2.23. The number of nitrogens with one attached hydrogen (secondary N) is 1. The van der Waals surface area contributed by atoms with Crippen molar-refractivity contribution in [3.05, 3.63) is 94.5 Å². The number of hydrogen-bond acceptors (Lipinski definition) is 3. The van der Waals surface area contributed by atoms with E-state index in [9.17, 15) is 9.59 Å². The van der Waals surface area contributed by atoms with Crippen LogP contribution in [0, 0.1) is 6.92 Å². The molecule has 0 aliphatic heterocycles. The molecule has 0 unspecified atom stereocenters. The third kappa shape index (κ3) is 5.22. The first kappa shape index (κ1) is 19.2. The molecule has 136 valence electrons. The van der Waals surface area contributed by atoms with E-state index in [0.29, 0.717) is 21.9 Å². The Labute approximate surface area is 167 Å². The van der Waals surface area contributed by atoms with Gasteiger partial charge in [-0.1, -0.05) is 48.0 Å². The predicted molar refractivity (Wildman–Crippen MR) is 112 cm³/mol. The number of Topliss-reactive ketones (excluding diaryl/α,β-unsaturated/α-hetero) is 1. The van der Waals surface area contributed by atoms with E-state index < -0.39 is 0 Å². The average Bonchev–Trinajstić information content (AvgIpc) is 2.69. The SMILES string of the molecule is Cc1cc(Cl)ccc1NC(=O)c1cccc(SCC(=O)c2ccccc2)c1. The van der Waals surface area contributed by atoms with Crippen molar-refractivity contribution >= 4 is 40.7 Å². The van der Waals surface area contributed by atoms with Crippen LogP contribution in [0.25, 0.3) is 0 Å². The van der Waals surface area contributed by atoms with Gasteiger partial charge in [-0.25, -0.2) is 0 Å². The second-order valence-corrected chi connectivity index (χ2v) is 7.50. The van der Waals surface area contributed by atoms with Crippen molar-refractivity contribution in [2.45, 2.75) is 11.8 Å². The largest absolute Gasteiger partial charge is 0.322 e. The standard InChI is InChI=1S/C22H18ClNO2S/c1-15-12-18(23)10-11-20(15)24-22(26)17-8-5-9-19(13-17)27-14-21(25)16-6-3-2-4-7-16/h2-13H,14H2,1H3,(H,24,26). The summed E-state index contributed by atoms with van der Waals surface area (Å²) in [5.74, 6) is 0.190. The monoisotopic (exact) mass is 395 g/mol. The van der Waals surface area contributed by atoms with Crippen LogP contribution in [0.15, 0.2) is 77.7 Å². The molecule has 0 saturated heterocycles. The number of rotatable bonds is 6. The Bertz CT molecular complexity index is 973. The first-order valence-corrected chi connectivity index (χ1v) is 9.78. The van der Waals surface area contributed by atoms with E-state index in [1.54, 1.807) is 42.5 Å². The lowest BCUT2D eigenvalue weighted by atomic mass is 10.1. The van der Waals surface area contributed by atoms with E-state index in [-0.39, 0.29) is 11.7 Å². The molecular weight excluding hydrogens is 378 g/mol. The molecular formula is C22H18ClNO2S. The Kier molecular flexibility index (Phi) is 6.32. The fourth-order valence-electron chi connectivity index (χ4n) is 2.55. The number of halogens is 1. The second-order valence-electron chi connectivity index (χ2n) is 6.02. The Morgan fingerprint density at radius 3 is 2.41 bits per heavy atom. The molecule has 0 aromatic heterocycles. The summed E-state index contributed by atoms with van der Waals surface area (Å²) in [5.41, 5.74) is 2.86. The van der Waals surface area contributed by atoms with E-state index in [4.69, 9.17) is 11.6 Å². The molecule has 0 aliphatic rings. The Morgan fingerprint density at radius 1 is 0.926 bits per heavy atom. The van der Waals surface area contributed by atoms with Gasteiger partial charge in [0.2, 0.25) is 0 Å². The maximum absolute atomic E-state index is 12.5. The van der Waals surface area contributed by atoms with Gasteiger partial charge in [-0.05, 0) is 48.9 Å². The molecule has 3 aromatic rings. The molecule has 1 N–H and O–H groups in total. The number of carbonyl (C=O) groups excluding carboxylic acids is 2. The highest BCUT2D eigenvalue weighted by Gasteiger charge is 2.10. The first-order valence-electron chi connectivity index (χ1n) is 8.41. The Balaban J connectivity index is 1.66. The minimum absolute atomic E-state index is 0.0623. The fraction of sp³-hybridized carbons (Fsp3) is 0.0909. The molecule has 5 heteroatoms. The van der Waals surface area contributed by atoms with Crippen LogP contribution in [0.4, 0.5) is 5.69 Å². The molecule has 1 amide bonds. The maximum Gasteiger partial charge on any atom is 0.255 e. The van der Waals surface area contributed by atoms with Crippen LogP contribution in [0.1, 0.15) is 26.3 Å². The van der Waals surface area contributed by atoms with Crippen LogP contribution in [-0.2, 0) is 0 Å². The topological polar surface area (TPSA) is 46.2 Å². The molecule has 0 radical (unpaired) electrons. The van der Waals surface area contributed by atoms with Crippen molar-refractivity contribution < 1.29 is 9.59 Å². The van der Waals surface area contributed by atoms with E-state index in [0.717, 1.165) is 16.1 Å². The molecule has 0 bridgehead atoms. The van der Waals surface area contributed by atoms with Gasteiger partial charge in [-0.2, -0.15) is 0 Å². The van der Waals surface area contributed by atoms with Crippen molar-refractivity contribution in [3.8, 4) is 0 Å². The molecule has 0 spiro atoms. The lowest BCUT2D eigenvalue weighted by molar-refractivity contribution is 0.101. The van der Waals surface area contributed by atoms with Crippen molar-refractivity contribution in [1.29, 1.82) is 0 Å². The smallest absolute Gasteiger partial charge is 0.255 e. The number of aryl methyl sites for hydroxylation is 1. The summed E-state index contributed by atoms with van der Waals surface area (Å²) in [7, 11) is 0. The molecule has 0 fully saturated rings. The number of hydrogen-bond donors (Lipinski definition) is 1. The van der Waals surface area contributed by atoms with E-state index in [2.05, 4.69) is 5.32 Å². The lowest BCUT2D eigenvalue weighted by Gasteiger charge is -2.09. The van der Waals surface area contributed by atoms with Gasteiger partial charge in [0, 0.05) is 26.7 Å². The summed E-state index contributed by atoms with van der Waals surface area (Å²) in [4.78, 5) is 25.6. The van der Waals surface area contributed by atoms with Crippen molar-refractivity contribution in [1.82, 2.24) is 0 Å². The summed E-state index contributed by atoms with van der Waals surface area (Å²) in [6, 6.07) is 21.8. The molecule has 0 aliphatic carbocycles. The average molecular weight is 396 g/mol. The Morgan fingerprint density at radius 2 is 1.67 bits per heavy atom. The number of thioether (sulfide) groups is 1. The third-order valence-electron chi connectivity index (χ3n) is 4.00. The van der Waals surface area contributed by atoms with Crippen LogP contribution in [0.5, 0.6) is 0 Å². The number of carbonyl (C=O) groups is 2. The molecule has 0 atom stereocenters. The molecule has 0 saturated carbocycles. The van der Waals surface area contributed by atoms with Gasteiger partial charge in [0.1, 0.15) is 0 Å².